The van der Waals surface area contributed by atoms with Crippen LogP contribution in [0.2, 0.25) is 0 Å². The van der Waals surface area contributed by atoms with E-state index >= 15 is 0 Å². The third-order valence-corrected chi connectivity index (χ3v) is 8.06. The first-order valence-corrected chi connectivity index (χ1v) is 14.9. The second-order valence-electron chi connectivity index (χ2n) is 9.96. The van der Waals surface area contributed by atoms with Crippen LogP contribution >= 0.6 is 0 Å². The van der Waals surface area contributed by atoms with Gasteiger partial charge in [0.05, 0.1) is 11.9 Å². The Balaban J connectivity index is 1.76. The number of nitrogens with zero attached hydrogens (tertiary/aromatic N) is 2. The van der Waals surface area contributed by atoms with Crippen molar-refractivity contribution >= 4 is 27.5 Å². The minimum Gasteiger partial charge on any atom is -0.352 e. The summed E-state index contributed by atoms with van der Waals surface area (Å²) in [6.07, 6.45) is 5.52. The van der Waals surface area contributed by atoms with E-state index in [1.807, 2.05) is 38.1 Å². The highest BCUT2D eigenvalue weighted by atomic mass is 32.2. The van der Waals surface area contributed by atoms with Gasteiger partial charge in [-0.25, -0.2) is 17.2 Å². The van der Waals surface area contributed by atoms with Crippen molar-refractivity contribution in [1.29, 1.82) is 0 Å². The van der Waals surface area contributed by atoms with Gasteiger partial charge in [-0.05, 0) is 50.3 Å². The number of carbonyl (C=O) groups excluding carboxylic acids is 2. The zero-order valence-corrected chi connectivity index (χ0v) is 23.1. The lowest BCUT2D eigenvalue weighted by Gasteiger charge is -2.32. The Morgan fingerprint density at radius 3 is 2.39 bits per heavy atom. The Morgan fingerprint density at radius 1 is 1.08 bits per heavy atom. The number of benzene rings is 2. The first kappa shape index (κ1) is 29.5. The molecule has 208 valence electrons. The molecule has 7 nitrogen and oxygen atoms in total. The van der Waals surface area contributed by atoms with E-state index in [0.29, 0.717) is 6.42 Å². The van der Waals surface area contributed by atoms with Gasteiger partial charge in [0, 0.05) is 31.6 Å². The van der Waals surface area contributed by atoms with Gasteiger partial charge in [-0.15, -0.1) is 0 Å². The number of hydrogen-bond acceptors (Lipinski definition) is 4. The van der Waals surface area contributed by atoms with Crippen LogP contribution in [0.1, 0.15) is 63.0 Å². The van der Waals surface area contributed by atoms with Crippen molar-refractivity contribution in [2.75, 3.05) is 17.1 Å². The van der Waals surface area contributed by atoms with E-state index in [9.17, 15) is 26.8 Å². The Morgan fingerprint density at radius 2 is 1.79 bits per heavy atom. The van der Waals surface area contributed by atoms with E-state index in [0.717, 1.165) is 59.5 Å². The van der Waals surface area contributed by atoms with Crippen LogP contribution in [0.4, 0.5) is 14.5 Å². The van der Waals surface area contributed by atoms with Crippen LogP contribution in [-0.4, -0.2) is 50.0 Å². The number of amides is 2. The molecule has 2 amide bonds. The minimum absolute atomic E-state index is 0.0159. The van der Waals surface area contributed by atoms with Gasteiger partial charge in [0.25, 0.3) is 0 Å². The monoisotopic (exact) mass is 549 g/mol. The molecule has 1 aliphatic rings. The number of sulfonamides is 1. The lowest BCUT2D eigenvalue weighted by Crippen LogP contribution is -2.51. The molecule has 1 aliphatic carbocycles. The van der Waals surface area contributed by atoms with Gasteiger partial charge in [0.2, 0.25) is 21.8 Å². The first-order valence-electron chi connectivity index (χ1n) is 13.1. The molecule has 1 fully saturated rings. The number of nitrogens with one attached hydrogen (secondary N) is 1. The summed E-state index contributed by atoms with van der Waals surface area (Å²) in [7, 11) is -3.81. The molecule has 1 N–H and O–H groups in total. The number of aryl methyl sites for hydroxylation is 1. The second-order valence-corrected chi connectivity index (χ2v) is 11.9. The van der Waals surface area contributed by atoms with Gasteiger partial charge in [0.1, 0.15) is 6.04 Å². The summed E-state index contributed by atoms with van der Waals surface area (Å²) in [5.74, 6) is -2.69. The van der Waals surface area contributed by atoms with Crippen LogP contribution in [0.5, 0.6) is 0 Å². The fourth-order valence-electron chi connectivity index (χ4n) is 4.94. The second kappa shape index (κ2) is 13.2. The summed E-state index contributed by atoms with van der Waals surface area (Å²) >= 11 is 0. The van der Waals surface area contributed by atoms with Crippen LogP contribution < -0.4 is 9.62 Å². The number of hydrogen-bond donors (Lipinski definition) is 1. The Kier molecular flexibility index (Phi) is 10.2. The fraction of sp³-hybridized carbons (Fsp3) is 0.500. The summed E-state index contributed by atoms with van der Waals surface area (Å²) in [6.45, 7) is 3.97. The highest BCUT2D eigenvalue weighted by Gasteiger charge is 2.30. The van der Waals surface area contributed by atoms with Gasteiger partial charge in [0.15, 0.2) is 11.6 Å². The molecule has 3 rings (SSSR count). The molecule has 0 heterocycles. The molecular weight excluding hydrogens is 512 g/mol. The largest absolute Gasteiger partial charge is 0.352 e. The molecule has 0 aliphatic heterocycles. The van der Waals surface area contributed by atoms with Gasteiger partial charge in [-0.2, -0.15) is 0 Å². The number of anilines is 1. The first-order chi connectivity index (χ1) is 18.0. The van der Waals surface area contributed by atoms with Crippen molar-refractivity contribution in [3.63, 3.8) is 0 Å². The predicted octanol–water partition coefficient (Wildman–Crippen LogP) is 4.69. The van der Waals surface area contributed by atoms with E-state index < -0.39 is 27.7 Å². The lowest BCUT2D eigenvalue weighted by molar-refractivity contribution is -0.141. The van der Waals surface area contributed by atoms with Crippen LogP contribution in [0.15, 0.2) is 42.5 Å². The van der Waals surface area contributed by atoms with Crippen LogP contribution in [0, 0.1) is 18.6 Å². The highest BCUT2D eigenvalue weighted by Crippen LogP contribution is 2.23. The summed E-state index contributed by atoms with van der Waals surface area (Å²) in [6, 6.07) is 10.1. The maximum Gasteiger partial charge on any atom is 0.243 e. The zero-order chi connectivity index (χ0) is 27.9. The topological polar surface area (TPSA) is 86.8 Å². The number of carbonyl (C=O) groups is 2. The van der Waals surface area contributed by atoms with E-state index in [4.69, 9.17) is 0 Å². The highest BCUT2D eigenvalue weighted by molar-refractivity contribution is 7.92. The SMILES string of the molecule is CC[C@H](C(=O)NC1CCCC1)N(Cc1cccc(C)c1)C(=O)CCCN(c1ccc(F)c(F)c1)S(C)(=O)=O. The minimum atomic E-state index is -3.81. The molecule has 2 aromatic rings. The Hall–Kier alpha value is -3.01. The summed E-state index contributed by atoms with van der Waals surface area (Å²) in [5, 5.41) is 3.10. The summed E-state index contributed by atoms with van der Waals surface area (Å²) in [5.41, 5.74) is 1.91. The van der Waals surface area contributed by atoms with E-state index in [1.54, 1.807) is 4.90 Å². The molecule has 10 heteroatoms. The zero-order valence-electron chi connectivity index (χ0n) is 22.3. The Labute approximate surface area is 224 Å². The van der Waals surface area contributed by atoms with Gasteiger partial charge >= 0.3 is 0 Å². The van der Waals surface area contributed by atoms with E-state index in [2.05, 4.69) is 5.32 Å². The average molecular weight is 550 g/mol. The molecule has 1 atom stereocenters. The molecule has 0 spiro atoms. The maximum atomic E-state index is 13.8. The third-order valence-electron chi connectivity index (χ3n) is 6.87. The molecule has 38 heavy (non-hydrogen) atoms. The average Bonchev–Trinajstić information content (AvgIpc) is 3.35. The molecule has 0 unspecified atom stereocenters. The van der Waals surface area contributed by atoms with E-state index in [1.165, 1.54) is 6.07 Å². The molecule has 0 bridgehead atoms. The molecule has 0 radical (unpaired) electrons. The molecule has 0 saturated heterocycles. The molecule has 2 aromatic carbocycles. The predicted molar refractivity (Wildman–Crippen MR) is 144 cm³/mol. The van der Waals surface area contributed by atoms with Crippen molar-refractivity contribution in [2.24, 2.45) is 0 Å². The smallest absolute Gasteiger partial charge is 0.243 e. The van der Waals surface area contributed by atoms with Crippen molar-refractivity contribution in [1.82, 2.24) is 10.2 Å². The van der Waals surface area contributed by atoms with Crippen LogP contribution in [0.25, 0.3) is 0 Å². The summed E-state index contributed by atoms with van der Waals surface area (Å²) < 4.78 is 52.9. The van der Waals surface area contributed by atoms with Crippen molar-refractivity contribution < 1.29 is 26.8 Å². The van der Waals surface area contributed by atoms with Gasteiger partial charge < -0.3 is 10.2 Å². The lowest BCUT2D eigenvalue weighted by atomic mass is 10.1. The van der Waals surface area contributed by atoms with Crippen LogP contribution in [-0.2, 0) is 26.2 Å². The standard InChI is InChI=1S/C28H37F2N3O4S/c1-4-26(28(35)31-22-11-5-6-12-22)32(19-21-10-7-9-20(2)17-21)27(34)13-8-16-33(38(3,36)37)23-14-15-24(29)25(30)18-23/h7,9-10,14-15,17-18,22,26H,4-6,8,11-13,16,19H2,1-3H3,(H,31,35)/t26-/m1/s1. The molecule has 0 aromatic heterocycles. The summed E-state index contributed by atoms with van der Waals surface area (Å²) in [4.78, 5) is 28.3. The third kappa shape index (κ3) is 7.99. The van der Waals surface area contributed by atoms with Gasteiger partial charge in [-0.1, -0.05) is 49.6 Å². The maximum absolute atomic E-state index is 13.8. The quantitative estimate of drug-likeness (QED) is 0.416. The van der Waals surface area contributed by atoms with Crippen molar-refractivity contribution in [3.8, 4) is 0 Å². The Bertz CT molecular complexity index is 1230. The van der Waals surface area contributed by atoms with Gasteiger partial charge in [-0.3, -0.25) is 13.9 Å². The van der Waals surface area contributed by atoms with Crippen molar-refractivity contribution in [2.45, 2.75) is 77.4 Å². The number of rotatable bonds is 12. The van der Waals surface area contributed by atoms with Crippen molar-refractivity contribution in [3.05, 3.63) is 65.2 Å². The molecular formula is C28H37F2N3O4S. The number of halogens is 2. The normalized spacial score (nSPS) is 14.8. The van der Waals surface area contributed by atoms with E-state index in [-0.39, 0.29) is 49.5 Å². The van der Waals surface area contributed by atoms with Crippen LogP contribution in [0.3, 0.4) is 0 Å². The fourth-order valence-corrected chi connectivity index (χ4v) is 5.90. The molecule has 1 saturated carbocycles.